The number of hydrogen-bond acceptors (Lipinski definition) is 4. The van der Waals surface area contributed by atoms with Crippen LogP contribution < -0.4 is 0 Å². The third-order valence-electron chi connectivity index (χ3n) is 4.63. The predicted molar refractivity (Wildman–Crippen MR) is 76.8 cm³/mol. The van der Waals surface area contributed by atoms with Crippen molar-refractivity contribution in [3.8, 4) is 0 Å². The van der Waals surface area contributed by atoms with E-state index in [9.17, 15) is 9.32 Å². The van der Waals surface area contributed by atoms with Gasteiger partial charge in [-0.2, -0.15) is 0 Å². The Bertz CT molecular complexity index is 692. The van der Waals surface area contributed by atoms with Crippen LogP contribution in [0.25, 0.3) is 11.1 Å². The number of aliphatic hydroxyl groups is 1. The molecule has 2 bridgehead atoms. The van der Waals surface area contributed by atoms with Crippen molar-refractivity contribution >= 4 is 21.9 Å². The summed E-state index contributed by atoms with van der Waals surface area (Å²) in [7, 11) is -0.758. The van der Waals surface area contributed by atoms with Crippen LogP contribution in [-0.2, 0) is 16.4 Å². The fraction of sp³-hybridized carbons (Fsp3) is 0.533. The molecule has 0 aliphatic carbocycles. The molecule has 2 aliphatic heterocycles. The lowest BCUT2D eigenvalue weighted by Crippen LogP contribution is -2.40. The molecule has 106 valence electrons. The molecule has 2 saturated heterocycles. The summed E-state index contributed by atoms with van der Waals surface area (Å²) in [6, 6.07) is 5.72. The van der Waals surface area contributed by atoms with Crippen molar-refractivity contribution in [2.24, 2.45) is 0 Å². The largest absolute Gasteiger partial charge is 0.441 e. The van der Waals surface area contributed by atoms with Crippen LogP contribution in [0.3, 0.4) is 0 Å². The number of nitrogens with zero attached hydrogens (tertiary/aromatic N) is 1. The monoisotopic (exact) mass is 291 g/mol. The van der Waals surface area contributed by atoms with Gasteiger partial charge in [-0.05, 0) is 43.4 Å². The molecule has 1 aromatic carbocycles. The van der Waals surface area contributed by atoms with Gasteiger partial charge in [-0.15, -0.1) is 0 Å². The maximum Gasteiger partial charge on any atom is 0.192 e. The molecule has 2 atom stereocenters. The van der Waals surface area contributed by atoms with Crippen LogP contribution in [0, 0.1) is 6.92 Å². The Morgan fingerprint density at radius 1 is 1.35 bits per heavy atom. The van der Waals surface area contributed by atoms with Crippen LogP contribution in [0.5, 0.6) is 0 Å². The summed E-state index contributed by atoms with van der Waals surface area (Å²) < 4.78 is 17.6. The van der Waals surface area contributed by atoms with Crippen molar-refractivity contribution in [1.82, 2.24) is 4.98 Å². The average Bonchev–Trinajstić information content (AvgIpc) is 2.86. The number of aromatic nitrogens is 1. The first-order valence-electron chi connectivity index (χ1n) is 7.05. The van der Waals surface area contributed by atoms with Gasteiger partial charge in [0.2, 0.25) is 0 Å². The van der Waals surface area contributed by atoms with Crippen molar-refractivity contribution in [1.29, 1.82) is 0 Å². The molecule has 2 aliphatic rings. The second kappa shape index (κ2) is 4.15. The van der Waals surface area contributed by atoms with Crippen LogP contribution >= 0.6 is 0 Å². The third-order valence-corrected chi connectivity index (χ3v) is 6.75. The fourth-order valence-corrected chi connectivity index (χ4v) is 5.81. The molecule has 0 spiro atoms. The van der Waals surface area contributed by atoms with E-state index >= 15 is 0 Å². The molecule has 2 unspecified atom stereocenters. The fourth-order valence-electron chi connectivity index (χ4n) is 3.65. The van der Waals surface area contributed by atoms with E-state index in [1.165, 1.54) is 0 Å². The Hall–Kier alpha value is -1.20. The smallest absolute Gasteiger partial charge is 0.192 e. The van der Waals surface area contributed by atoms with Crippen molar-refractivity contribution in [2.75, 3.05) is 0 Å². The van der Waals surface area contributed by atoms with E-state index in [0.717, 1.165) is 23.9 Å². The van der Waals surface area contributed by atoms with Crippen LogP contribution in [0.15, 0.2) is 22.6 Å². The van der Waals surface area contributed by atoms with Crippen molar-refractivity contribution < 1.29 is 13.7 Å². The van der Waals surface area contributed by atoms with Gasteiger partial charge in [-0.25, -0.2) is 4.98 Å². The Balaban J connectivity index is 1.76. The maximum atomic E-state index is 12.1. The quantitative estimate of drug-likeness (QED) is 0.876. The molecular weight excluding hydrogens is 274 g/mol. The van der Waals surface area contributed by atoms with Gasteiger partial charge in [0, 0.05) is 28.2 Å². The van der Waals surface area contributed by atoms with Crippen LogP contribution in [0.4, 0.5) is 0 Å². The van der Waals surface area contributed by atoms with Crippen molar-refractivity contribution in [2.45, 2.75) is 48.7 Å². The molecule has 0 saturated carbocycles. The molecule has 20 heavy (non-hydrogen) atoms. The van der Waals surface area contributed by atoms with E-state index in [4.69, 9.17) is 4.42 Å². The first-order chi connectivity index (χ1) is 9.55. The highest BCUT2D eigenvalue weighted by Gasteiger charge is 2.48. The molecule has 4 rings (SSSR count). The maximum absolute atomic E-state index is 12.1. The zero-order valence-electron chi connectivity index (χ0n) is 11.3. The van der Waals surface area contributed by atoms with Crippen molar-refractivity contribution in [3.05, 3.63) is 29.7 Å². The number of fused-ring (bicyclic) bond motifs is 3. The van der Waals surface area contributed by atoms with Crippen LogP contribution in [-0.4, -0.2) is 24.8 Å². The van der Waals surface area contributed by atoms with Gasteiger partial charge >= 0.3 is 0 Å². The summed E-state index contributed by atoms with van der Waals surface area (Å²) in [6.45, 7) is 1.82. The molecule has 2 aromatic rings. The summed E-state index contributed by atoms with van der Waals surface area (Å²) in [5.41, 5.74) is 1.54. The summed E-state index contributed by atoms with van der Waals surface area (Å²) in [5, 5.41) is 11.3. The summed E-state index contributed by atoms with van der Waals surface area (Å²) in [5.74, 6) is 0.633. The van der Waals surface area contributed by atoms with E-state index in [0.29, 0.717) is 24.3 Å². The number of hydrogen-bond donors (Lipinski definition) is 1. The highest BCUT2D eigenvalue weighted by Crippen LogP contribution is 2.46. The lowest BCUT2D eigenvalue weighted by atomic mass is 9.86. The number of rotatable bonds is 1. The zero-order valence-corrected chi connectivity index (χ0v) is 12.2. The number of oxazole rings is 1. The summed E-state index contributed by atoms with van der Waals surface area (Å²) in [6.07, 6.45) is 3.13. The highest BCUT2D eigenvalue weighted by molar-refractivity contribution is 7.86. The summed E-state index contributed by atoms with van der Waals surface area (Å²) >= 11 is 0. The summed E-state index contributed by atoms with van der Waals surface area (Å²) in [4.78, 5) is 4.28. The van der Waals surface area contributed by atoms with Crippen LogP contribution in [0.1, 0.15) is 37.1 Å². The van der Waals surface area contributed by atoms with Crippen molar-refractivity contribution in [3.63, 3.8) is 0 Å². The molecule has 0 amide bonds. The molecule has 1 aromatic heterocycles. The Morgan fingerprint density at radius 2 is 2.05 bits per heavy atom. The van der Waals surface area contributed by atoms with Crippen LogP contribution in [0.2, 0.25) is 0 Å². The van der Waals surface area contributed by atoms with Gasteiger partial charge in [0.15, 0.2) is 11.5 Å². The average molecular weight is 291 g/mol. The normalized spacial score (nSPS) is 36.6. The lowest BCUT2D eigenvalue weighted by molar-refractivity contribution is 0.0185. The van der Waals surface area contributed by atoms with Gasteiger partial charge in [0.05, 0.1) is 5.60 Å². The van der Waals surface area contributed by atoms with Gasteiger partial charge in [0.1, 0.15) is 5.52 Å². The molecule has 5 heteroatoms. The highest BCUT2D eigenvalue weighted by atomic mass is 32.2. The first-order valence-corrected chi connectivity index (χ1v) is 8.32. The lowest BCUT2D eigenvalue weighted by Gasteiger charge is -2.36. The molecule has 1 N–H and O–H groups in total. The molecule has 2 fully saturated rings. The second-order valence-corrected chi connectivity index (χ2v) is 8.00. The Labute approximate surface area is 119 Å². The minimum absolute atomic E-state index is 0.144. The predicted octanol–water partition coefficient (Wildman–Crippen LogP) is 2.40. The Kier molecular flexibility index (Phi) is 2.60. The van der Waals surface area contributed by atoms with E-state index in [1.54, 1.807) is 0 Å². The SMILES string of the molecule is Cc1nc2ccc(C3(O)CC4CCC(C3)S4=O)cc2o1. The van der Waals surface area contributed by atoms with E-state index in [-0.39, 0.29) is 10.5 Å². The van der Waals surface area contributed by atoms with E-state index in [2.05, 4.69) is 4.98 Å². The molecule has 4 nitrogen and oxygen atoms in total. The standard InChI is InChI=1S/C15H17NO3S/c1-9-16-13-5-2-10(6-14(13)19-9)15(17)7-11-3-4-12(8-15)20(11)18/h2,5-6,11-12,17H,3-4,7-8H2,1H3. The van der Waals surface area contributed by atoms with E-state index < -0.39 is 16.4 Å². The molecule has 3 heterocycles. The Morgan fingerprint density at radius 3 is 2.75 bits per heavy atom. The van der Waals surface area contributed by atoms with Gasteiger partial charge in [-0.1, -0.05) is 6.07 Å². The molecular formula is C15H17NO3S. The van der Waals surface area contributed by atoms with Gasteiger partial charge < -0.3 is 9.52 Å². The van der Waals surface area contributed by atoms with Gasteiger partial charge in [-0.3, -0.25) is 4.21 Å². The minimum Gasteiger partial charge on any atom is -0.441 e. The zero-order chi connectivity index (χ0) is 13.9. The minimum atomic E-state index is -0.866. The van der Waals surface area contributed by atoms with Gasteiger partial charge in [0.25, 0.3) is 0 Å². The topological polar surface area (TPSA) is 63.3 Å². The third kappa shape index (κ3) is 1.76. The number of benzene rings is 1. The molecule has 0 radical (unpaired) electrons. The second-order valence-electron chi connectivity index (χ2n) is 6.01. The first kappa shape index (κ1) is 12.5. The van der Waals surface area contributed by atoms with E-state index in [1.807, 2.05) is 25.1 Å². The number of aryl methyl sites for hydroxylation is 1.